The van der Waals surface area contributed by atoms with Gasteiger partial charge in [-0.05, 0) is 42.0 Å². The molecule has 0 bridgehead atoms. The Balaban J connectivity index is 1.94. The zero-order valence-electron chi connectivity index (χ0n) is 14.4. The third kappa shape index (κ3) is 4.58. The molecule has 3 rings (SSSR count). The Kier molecular flexibility index (Phi) is 5.12. The number of carbonyl (C=O) groups is 2. The zero-order valence-corrected chi connectivity index (χ0v) is 14.4. The first kappa shape index (κ1) is 20.4. The van der Waals surface area contributed by atoms with Gasteiger partial charge in [-0.3, -0.25) is 14.5 Å². The fourth-order valence-corrected chi connectivity index (χ4v) is 2.76. The SMILES string of the molecule is O=C1CN(C(=O)C=Cc2cc(C(F)(F)F)cc(C(F)(F)F)c2)c2ccccc2N1. The second-order valence-electron chi connectivity index (χ2n) is 6.16. The van der Waals surface area contributed by atoms with E-state index in [1.165, 1.54) is 0 Å². The standard InChI is InChI=1S/C19H12F6N2O2/c20-18(21,22)12-7-11(8-13(9-12)19(23,24)25)5-6-17(29)27-10-16(28)26-14-3-1-2-4-15(14)27/h1-9H,10H2,(H,26,28). The normalized spacial score (nSPS) is 14.7. The minimum absolute atomic E-state index is 0.00434. The molecule has 0 saturated heterocycles. The number of halogens is 6. The van der Waals surface area contributed by atoms with Crippen LogP contribution in [0.2, 0.25) is 0 Å². The number of nitrogens with zero attached hydrogens (tertiary/aromatic N) is 1. The van der Waals surface area contributed by atoms with E-state index in [0.29, 0.717) is 23.5 Å². The van der Waals surface area contributed by atoms with E-state index in [1.807, 2.05) is 0 Å². The van der Waals surface area contributed by atoms with Gasteiger partial charge in [-0.2, -0.15) is 26.3 Å². The highest BCUT2D eigenvalue weighted by molar-refractivity contribution is 6.13. The van der Waals surface area contributed by atoms with Gasteiger partial charge in [-0.1, -0.05) is 12.1 Å². The molecule has 0 fully saturated rings. The molecule has 29 heavy (non-hydrogen) atoms. The number of para-hydroxylation sites is 2. The van der Waals surface area contributed by atoms with Gasteiger partial charge in [0.1, 0.15) is 6.54 Å². The van der Waals surface area contributed by atoms with Crippen LogP contribution in [0, 0.1) is 0 Å². The summed E-state index contributed by atoms with van der Waals surface area (Å²) in [6.07, 6.45) is -8.30. The van der Waals surface area contributed by atoms with Gasteiger partial charge >= 0.3 is 12.4 Å². The summed E-state index contributed by atoms with van der Waals surface area (Å²) >= 11 is 0. The van der Waals surface area contributed by atoms with Crippen molar-refractivity contribution in [3.8, 4) is 0 Å². The van der Waals surface area contributed by atoms with E-state index in [-0.39, 0.29) is 12.6 Å². The van der Waals surface area contributed by atoms with Gasteiger partial charge in [-0.25, -0.2) is 0 Å². The fraction of sp³-hybridized carbons (Fsp3) is 0.158. The summed E-state index contributed by atoms with van der Waals surface area (Å²) < 4.78 is 77.5. The minimum Gasteiger partial charge on any atom is -0.323 e. The number of hydrogen-bond acceptors (Lipinski definition) is 2. The Morgan fingerprint density at radius 1 is 0.966 bits per heavy atom. The van der Waals surface area contributed by atoms with Crippen molar-refractivity contribution >= 4 is 29.3 Å². The number of hydrogen-bond donors (Lipinski definition) is 1. The monoisotopic (exact) mass is 414 g/mol. The van der Waals surface area contributed by atoms with Gasteiger partial charge in [0.25, 0.3) is 5.91 Å². The Morgan fingerprint density at radius 2 is 1.55 bits per heavy atom. The van der Waals surface area contributed by atoms with Crippen LogP contribution in [0.5, 0.6) is 0 Å². The van der Waals surface area contributed by atoms with E-state index in [4.69, 9.17) is 0 Å². The molecule has 1 aliphatic heterocycles. The highest BCUT2D eigenvalue weighted by Gasteiger charge is 2.36. The van der Waals surface area contributed by atoms with Crippen LogP contribution in [0.15, 0.2) is 48.5 Å². The maximum atomic E-state index is 12.9. The third-order valence-electron chi connectivity index (χ3n) is 4.07. The van der Waals surface area contributed by atoms with E-state index in [1.54, 1.807) is 24.3 Å². The molecule has 2 amide bonds. The summed E-state index contributed by atoms with van der Waals surface area (Å²) in [4.78, 5) is 25.3. The van der Waals surface area contributed by atoms with Crippen molar-refractivity contribution in [1.82, 2.24) is 0 Å². The first-order valence-corrected chi connectivity index (χ1v) is 8.13. The summed E-state index contributed by atoms with van der Waals surface area (Å²) in [5, 5.41) is 2.56. The second-order valence-corrected chi connectivity index (χ2v) is 6.16. The van der Waals surface area contributed by atoms with Crippen LogP contribution >= 0.6 is 0 Å². The average Bonchev–Trinajstić information content (AvgIpc) is 2.63. The molecule has 1 N–H and O–H groups in total. The number of nitrogens with one attached hydrogen (secondary N) is 1. The maximum Gasteiger partial charge on any atom is 0.416 e. The lowest BCUT2D eigenvalue weighted by Gasteiger charge is -2.28. The Morgan fingerprint density at radius 3 is 2.14 bits per heavy atom. The van der Waals surface area contributed by atoms with E-state index in [9.17, 15) is 35.9 Å². The lowest BCUT2D eigenvalue weighted by atomic mass is 10.0. The largest absolute Gasteiger partial charge is 0.416 e. The fourth-order valence-electron chi connectivity index (χ4n) is 2.76. The summed E-state index contributed by atoms with van der Waals surface area (Å²) in [6, 6.07) is 7.37. The van der Waals surface area contributed by atoms with Crippen molar-refractivity contribution in [1.29, 1.82) is 0 Å². The van der Waals surface area contributed by atoms with Crippen LogP contribution in [0.1, 0.15) is 16.7 Å². The van der Waals surface area contributed by atoms with Gasteiger partial charge in [0.2, 0.25) is 5.91 Å². The summed E-state index contributed by atoms with van der Waals surface area (Å²) in [5.74, 6) is -1.25. The van der Waals surface area contributed by atoms with Crippen molar-refractivity contribution in [2.24, 2.45) is 0 Å². The molecule has 1 heterocycles. The second kappa shape index (κ2) is 7.26. The number of alkyl halides is 6. The lowest BCUT2D eigenvalue weighted by Crippen LogP contribution is -2.41. The first-order chi connectivity index (χ1) is 13.4. The number of fused-ring (bicyclic) bond motifs is 1. The van der Waals surface area contributed by atoms with Crippen molar-refractivity contribution < 1.29 is 35.9 Å². The van der Waals surface area contributed by atoms with Crippen LogP contribution in [0.3, 0.4) is 0 Å². The average molecular weight is 414 g/mol. The topological polar surface area (TPSA) is 49.4 Å². The molecule has 1 aliphatic rings. The van der Waals surface area contributed by atoms with E-state index >= 15 is 0 Å². The maximum absolute atomic E-state index is 12.9. The Labute approximate surface area is 160 Å². The molecule has 152 valence electrons. The Bertz CT molecular complexity index is 963. The van der Waals surface area contributed by atoms with E-state index in [0.717, 1.165) is 17.1 Å². The molecular weight excluding hydrogens is 402 g/mol. The quantitative estimate of drug-likeness (QED) is 0.571. The molecule has 0 radical (unpaired) electrons. The number of amides is 2. The molecule has 4 nitrogen and oxygen atoms in total. The van der Waals surface area contributed by atoms with Crippen LogP contribution in [-0.4, -0.2) is 18.4 Å². The minimum atomic E-state index is -4.99. The van der Waals surface area contributed by atoms with E-state index in [2.05, 4.69) is 5.32 Å². The van der Waals surface area contributed by atoms with Crippen LogP contribution < -0.4 is 10.2 Å². The molecule has 0 aromatic heterocycles. The number of carbonyl (C=O) groups excluding carboxylic acids is 2. The van der Waals surface area contributed by atoms with Crippen molar-refractivity contribution in [2.75, 3.05) is 16.8 Å². The number of rotatable bonds is 2. The van der Waals surface area contributed by atoms with Crippen LogP contribution in [0.25, 0.3) is 6.08 Å². The van der Waals surface area contributed by atoms with Crippen LogP contribution in [-0.2, 0) is 21.9 Å². The summed E-state index contributed by atoms with van der Waals surface area (Å²) in [5.41, 5.74) is -2.69. The molecule has 0 spiro atoms. The first-order valence-electron chi connectivity index (χ1n) is 8.13. The summed E-state index contributed by atoms with van der Waals surface area (Å²) in [7, 11) is 0. The molecule has 2 aromatic carbocycles. The molecule has 0 unspecified atom stereocenters. The van der Waals surface area contributed by atoms with Crippen molar-refractivity contribution in [3.63, 3.8) is 0 Å². The van der Waals surface area contributed by atoms with Crippen molar-refractivity contribution in [2.45, 2.75) is 12.4 Å². The number of benzene rings is 2. The predicted octanol–water partition coefficient (Wildman–Crippen LogP) is 4.72. The molecule has 10 heteroatoms. The van der Waals surface area contributed by atoms with Crippen LogP contribution in [0.4, 0.5) is 37.7 Å². The van der Waals surface area contributed by atoms with Gasteiger partial charge in [0, 0.05) is 6.08 Å². The number of anilines is 2. The highest BCUT2D eigenvalue weighted by Crippen LogP contribution is 2.36. The molecule has 0 saturated carbocycles. The van der Waals surface area contributed by atoms with Gasteiger partial charge < -0.3 is 5.32 Å². The summed E-state index contributed by atoms with van der Waals surface area (Å²) in [6.45, 7) is -0.337. The molecule has 0 aliphatic carbocycles. The van der Waals surface area contributed by atoms with E-state index < -0.39 is 40.9 Å². The zero-order chi connectivity index (χ0) is 21.4. The molecule has 2 aromatic rings. The van der Waals surface area contributed by atoms with Gasteiger partial charge in [0.15, 0.2) is 0 Å². The predicted molar refractivity (Wildman–Crippen MR) is 92.9 cm³/mol. The third-order valence-corrected chi connectivity index (χ3v) is 4.07. The molecule has 0 atom stereocenters. The lowest BCUT2D eigenvalue weighted by molar-refractivity contribution is -0.143. The highest BCUT2D eigenvalue weighted by atomic mass is 19.4. The molecular formula is C19H12F6N2O2. The van der Waals surface area contributed by atoms with Gasteiger partial charge in [0.05, 0.1) is 22.5 Å². The van der Waals surface area contributed by atoms with Gasteiger partial charge in [-0.15, -0.1) is 0 Å². The van der Waals surface area contributed by atoms with Crippen molar-refractivity contribution in [3.05, 3.63) is 65.2 Å². The Hall–Kier alpha value is -3.30. The smallest absolute Gasteiger partial charge is 0.323 e.